The van der Waals surface area contributed by atoms with Crippen LogP contribution in [0.2, 0.25) is 0 Å². The molecule has 2 fully saturated rings. The second kappa shape index (κ2) is 11.0. The summed E-state index contributed by atoms with van der Waals surface area (Å²) in [6.45, 7) is 5.31. The number of nitrogens with zero attached hydrogens (tertiary/aromatic N) is 7. The molecule has 0 radical (unpaired) electrons. The number of anilines is 2. The number of likely N-dealkylation sites (tertiary alicyclic amines) is 2. The molecule has 1 unspecified atom stereocenters. The molecular formula is C31H33F5N8. The highest BCUT2D eigenvalue weighted by Crippen LogP contribution is 2.43. The van der Waals surface area contributed by atoms with Crippen molar-refractivity contribution in [3.05, 3.63) is 59.7 Å². The van der Waals surface area contributed by atoms with Crippen molar-refractivity contribution in [1.29, 1.82) is 0 Å². The SMILES string of the molecule is CN1CCC2(CC1)CCN(Cc1ccc(Nc3ncc(F)c(-c4cc(F)c5nc6n(c5c4)C(C(F)(F)F)CC6)n3)nc1)CC2. The summed E-state index contributed by atoms with van der Waals surface area (Å²) in [5.74, 6) is -1.07. The average molecular weight is 613 g/mol. The molecule has 44 heavy (non-hydrogen) atoms. The molecule has 13 heteroatoms. The van der Waals surface area contributed by atoms with Crippen molar-refractivity contribution in [3.8, 4) is 11.3 Å². The molecule has 4 aromatic rings. The Labute approximate surface area is 251 Å². The zero-order valence-electron chi connectivity index (χ0n) is 24.3. The lowest BCUT2D eigenvalue weighted by atomic mass is 9.71. The van der Waals surface area contributed by atoms with Gasteiger partial charge in [0.05, 0.1) is 11.7 Å². The molecule has 6 heterocycles. The van der Waals surface area contributed by atoms with Gasteiger partial charge < -0.3 is 14.8 Å². The van der Waals surface area contributed by atoms with Crippen LogP contribution in [0.1, 0.15) is 49.5 Å². The van der Waals surface area contributed by atoms with Crippen LogP contribution in [0.5, 0.6) is 0 Å². The quantitative estimate of drug-likeness (QED) is 0.267. The fourth-order valence-electron chi connectivity index (χ4n) is 6.94. The summed E-state index contributed by atoms with van der Waals surface area (Å²) in [5, 5.41) is 2.95. The van der Waals surface area contributed by atoms with Gasteiger partial charge in [-0.3, -0.25) is 4.90 Å². The minimum atomic E-state index is -4.52. The van der Waals surface area contributed by atoms with Crippen LogP contribution in [0.3, 0.4) is 0 Å². The maximum atomic E-state index is 15.0. The van der Waals surface area contributed by atoms with E-state index in [1.54, 1.807) is 12.3 Å². The van der Waals surface area contributed by atoms with Crippen molar-refractivity contribution < 1.29 is 22.0 Å². The molecule has 7 rings (SSSR count). The van der Waals surface area contributed by atoms with Crippen LogP contribution in [0, 0.1) is 17.0 Å². The van der Waals surface area contributed by atoms with E-state index in [-0.39, 0.29) is 46.9 Å². The summed E-state index contributed by atoms with van der Waals surface area (Å²) in [6.07, 6.45) is 3.11. The molecule has 2 saturated heterocycles. The molecule has 0 aliphatic carbocycles. The van der Waals surface area contributed by atoms with Crippen LogP contribution in [0.4, 0.5) is 33.7 Å². The number of hydrogen-bond acceptors (Lipinski definition) is 7. The lowest BCUT2D eigenvalue weighted by molar-refractivity contribution is -0.164. The molecular weight excluding hydrogens is 579 g/mol. The van der Waals surface area contributed by atoms with E-state index in [4.69, 9.17) is 0 Å². The van der Waals surface area contributed by atoms with E-state index >= 15 is 4.39 Å². The van der Waals surface area contributed by atoms with Crippen molar-refractivity contribution in [3.63, 3.8) is 0 Å². The number of alkyl halides is 3. The Kier molecular flexibility index (Phi) is 7.27. The first kappa shape index (κ1) is 29.0. The number of imidazole rings is 1. The molecule has 3 aliphatic rings. The van der Waals surface area contributed by atoms with Crippen molar-refractivity contribution in [2.24, 2.45) is 5.41 Å². The Bertz CT molecular complexity index is 1670. The van der Waals surface area contributed by atoms with Crippen LogP contribution in [0.15, 0.2) is 36.7 Å². The lowest BCUT2D eigenvalue weighted by Gasteiger charge is -2.46. The van der Waals surface area contributed by atoms with Crippen molar-refractivity contribution in [2.75, 3.05) is 38.5 Å². The number of halogens is 5. The highest BCUT2D eigenvalue weighted by Gasteiger charge is 2.46. The first-order chi connectivity index (χ1) is 21.1. The topological polar surface area (TPSA) is 75.0 Å². The van der Waals surface area contributed by atoms with Gasteiger partial charge in [-0.15, -0.1) is 0 Å². The third-order valence-corrected chi connectivity index (χ3v) is 9.61. The van der Waals surface area contributed by atoms with Gasteiger partial charge in [0.2, 0.25) is 5.95 Å². The number of nitrogens with one attached hydrogen (secondary N) is 1. The van der Waals surface area contributed by atoms with Crippen LogP contribution >= 0.6 is 0 Å². The summed E-state index contributed by atoms with van der Waals surface area (Å²) in [7, 11) is 2.19. The minimum Gasteiger partial charge on any atom is -0.316 e. The van der Waals surface area contributed by atoms with Crippen molar-refractivity contribution >= 4 is 22.8 Å². The second-order valence-electron chi connectivity index (χ2n) is 12.5. The number of benzene rings is 1. The molecule has 8 nitrogen and oxygen atoms in total. The summed E-state index contributed by atoms with van der Waals surface area (Å²) < 4.78 is 72.0. The summed E-state index contributed by atoms with van der Waals surface area (Å²) in [6, 6.07) is 4.29. The Morgan fingerprint density at radius 3 is 2.39 bits per heavy atom. The molecule has 1 atom stereocenters. The molecule has 232 valence electrons. The van der Waals surface area contributed by atoms with E-state index in [1.165, 1.54) is 44.8 Å². The maximum absolute atomic E-state index is 15.0. The van der Waals surface area contributed by atoms with Gasteiger partial charge in [0.15, 0.2) is 11.6 Å². The Morgan fingerprint density at radius 2 is 1.68 bits per heavy atom. The number of aromatic nitrogens is 5. The number of fused-ring (bicyclic) bond motifs is 3. The predicted molar refractivity (Wildman–Crippen MR) is 155 cm³/mol. The first-order valence-electron chi connectivity index (χ1n) is 15.0. The standard InChI is InChI=1S/C31H33F5N8/c1-42-10-6-30(7-11-42)8-12-43(13-9-30)18-19-2-4-25(37-16-19)39-29-38-17-22(33)27(41-29)20-14-21(32)28-23(15-20)44-24(31(34,35)36)3-5-26(44)40-28/h2,4,14-17,24H,3,5-13,18H2,1H3,(H,37,38,39,41). The summed E-state index contributed by atoms with van der Waals surface area (Å²) >= 11 is 0. The summed E-state index contributed by atoms with van der Waals surface area (Å²) in [4.78, 5) is 21.7. The Balaban J connectivity index is 1.06. The monoisotopic (exact) mass is 612 g/mol. The zero-order chi connectivity index (χ0) is 30.6. The van der Waals surface area contributed by atoms with E-state index < -0.39 is 23.9 Å². The fourth-order valence-corrected chi connectivity index (χ4v) is 6.94. The zero-order valence-corrected chi connectivity index (χ0v) is 24.3. The van der Waals surface area contributed by atoms with E-state index in [9.17, 15) is 17.6 Å². The molecule has 1 N–H and O–H groups in total. The number of piperidine rings is 2. The lowest BCUT2D eigenvalue weighted by Crippen LogP contribution is -2.45. The van der Waals surface area contributed by atoms with Gasteiger partial charge in [-0.2, -0.15) is 13.2 Å². The number of rotatable bonds is 5. The third-order valence-electron chi connectivity index (χ3n) is 9.61. The fraction of sp³-hybridized carbons (Fsp3) is 0.484. The van der Waals surface area contributed by atoms with Gasteiger partial charge in [0, 0.05) is 24.7 Å². The molecule has 3 aliphatic heterocycles. The van der Waals surface area contributed by atoms with E-state index in [1.807, 2.05) is 6.07 Å². The number of pyridine rings is 1. The molecule has 1 spiro atoms. The van der Waals surface area contributed by atoms with Crippen LogP contribution in [-0.2, 0) is 13.0 Å². The molecule has 1 aromatic carbocycles. The van der Waals surface area contributed by atoms with Gasteiger partial charge in [-0.1, -0.05) is 6.07 Å². The normalized spacial score (nSPS) is 20.8. The van der Waals surface area contributed by atoms with E-state index in [2.05, 4.69) is 42.1 Å². The maximum Gasteiger partial charge on any atom is 0.409 e. The minimum absolute atomic E-state index is 0.0136. The van der Waals surface area contributed by atoms with Crippen LogP contribution < -0.4 is 5.32 Å². The predicted octanol–water partition coefficient (Wildman–Crippen LogP) is 6.27. The molecule has 0 bridgehead atoms. The number of hydrogen-bond donors (Lipinski definition) is 1. The van der Waals surface area contributed by atoms with Gasteiger partial charge in [0.25, 0.3) is 0 Å². The highest BCUT2D eigenvalue weighted by atomic mass is 19.4. The largest absolute Gasteiger partial charge is 0.409 e. The van der Waals surface area contributed by atoms with Crippen LogP contribution in [-0.4, -0.2) is 73.7 Å². The third kappa shape index (κ3) is 5.51. The van der Waals surface area contributed by atoms with Crippen molar-refractivity contribution in [1.82, 2.24) is 34.3 Å². The van der Waals surface area contributed by atoms with E-state index in [0.717, 1.165) is 42.0 Å². The molecule has 3 aromatic heterocycles. The van der Waals surface area contributed by atoms with Gasteiger partial charge in [-0.05, 0) is 94.5 Å². The smallest absolute Gasteiger partial charge is 0.316 e. The molecule has 0 amide bonds. The second-order valence-corrected chi connectivity index (χ2v) is 12.5. The van der Waals surface area contributed by atoms with Gasteiger partial charge >= 0.3 is 6.18 Å². The van der Waals surface area contributed by atoms with Crippen molar-refractivity contribution in [2.45, 2.75) is 57.3 Å². The van der Waals surface area contributed by atoms with Crippen LogP contribution in [0.25, 0.3) is 22.3 Å². The highest BCUT2D eigenvalue weighted by molar-refractivity contribution is 5.83. The molecule has 0 saturated carbocycles. The van der Waals surface area contributed by atoms with Gasteiger partial charge in [0.1, 0.15) is 28.9 Å². The van der Waals surface area contributed by atoms with Gasteiger partial charge in [-0.25, -0.2) is 28.7 Å². The average Bonchev–Trinajstić information content (AvgIpc) is 3.59. The first-order valence-corrected chi connectivity index (χ1v) is 15.0. The number of aryl methyl sites for hydroxylation is 1. The van der Waals surface area contributed by atoms with E-state index in [0.29, 0.717) is 11.2 Å². The summed E-state index contributed by atoms with van der Waals surface area (Å²) in [5.41, 5.74) is 1.08. The Hall–Kier alpha value is -3.71. The Morgan fingerprint density at radius 1 is 0.932 bits per heavy atom.